The zero-order chi connectivity index (χ0) is 25.7. The summed E-state index contributed by atoms with van der Waals surface area (Å²) < 4.78 is 17.5. The van der Waals surface area contributed by atoms with Gasteiger partial charge < -0.3 is 14.2 Å². The molecule has 0 aromatic heterocycles. The molecule has 0 saturated heterocycles. The van der Waals surface area contributed by atoms with Crippen LogP contribution in [0.3, 0.4) is 0 Å². The summed E-state index contributed by atoms with van der Waals surface area (Å²) in [6.07, 6.45) is 32.1. The molecule has 0 aliphatic rings. The molecule has 0 bridgehead atoms. The summed E-state index contributed by atoms with van der Waals surface area (Å²) in [7, 11) is 0. The Balaban J connectivity index is 3.74. The third-order valence-corrected chi connectivity index (χ3v) is 6.67. The predicted molar refractivity (Wildman–Crippen MR) is 153 cm³/mol. The minimum absolute atomic E-state index is 0.791. The molecular formula is C32H62O3. The Bertz CT molecular complexity index is 427. The minimum Gasteiger partial charge on any atom is -0.495 e. The van der Waals surface area contributed by atoms with E-state index in [9.17, 15) is 0 Å². The Morgan fingerprint density at radius 1 is 0.400 bits per heavy atom. The van der Waals surface area contributed by atoms with Crippen molar-refractivity contribution in [3.63, 3.8) is 0 Å². The Kier molecular flexibility index (Phi) is 28.2. The van der Waals surface area contributed by atoms with Crippen LogP contribution in [0.5, 0.6) is 0 Å². The van der Waals surface area contributed by atoms with Crippen molar-refractivity contribution in [1.29, 1.82) is 0 Å². The lowest BCUT2D eigenvalue weighted by molar-refractivity contribution is 0.171. The van der Waals surface area contributed by atoms with Crippen molar-refractivity contribution >= 4 is 0 Å². The molecule has 0 aliphatic carbocycles. The van der Waals surface area contributed by atoms with Crippen LogP contribution in [0.15, 0.2) is 24.0 Å². The molecule has 35 heavy (non-hydrogen) atoms. The van der Waals surface area contributed by atoms with Crippen LogP contribution in [0.25, 0.3) is 0 Å². The second kappa shape index (κ2) is 29.1. The monoisotopic (exact) mass is 494 g/mol. The molecule has 3 nitrogen and oxygen atoms in total. The highest BCUT2D eigenvalue weighted by Crippen LogP contribution is 2.13. The van der Waals surface area contributed by atoms with E-state index in [2.05, 4.69) is 27.7 Å². The van der Waals surface area contributed by atoms with Crippen LogP contribution in [0.1, 0.15) is 169 Å². The van der Waals surface area contributed by atoms with E-state index >= 15 is 0 Å². The average molecular weight is 495 g/mol. The Hall–Kier alpha value is -1.12. The maximum absolute atomic E-state index is 5.92. The van der Waals surface area contributed by atoms with Gasteiger partial charge in [-0.15, -0.1) is 0 Å². The Labute approximate surface area is 220 Å². The lowest BCUT2D eigenvalue weighted by atomic mass is 10.1. The van der Waals surface area contributed by atoms with Crippen LogP contribution < -0.4 is 0 Å². The molecular weight excluding hydrogens is 432 g/mol. The summed E-state index contributed by atoms with van der Waals surface area (Å²) in [5.74, 6) is 1.84. The summed E-state index contributed by atoms with van der Waals surface area (Å²) in [6, 6.07) is 0. The highest BCUT2D eigenvalue weighted by Gasteiger charge is 2.00. The largest absolute Gasteiger partial charge is 0.495 e. The molecule has 3 heteroatoms. The smallest absolute Gasteiger partial charge is 0.131 e. The van der Waals surface area contributed by atoms with Gasteiger partial charge in [-0.3, -0.25) is 0 Å². The average Bonchev–Trinajstić information content (AvgIpc) is 2.88. The van der Waals surface area contributed by atoms with Crippen LogP contribution in [-0.2, 0) is 14.2 Å². The summed E-state index contributed by atoms with van der Waals surface area (Å²) in [5.41, 5.74) is 0. The van der Waals surface area contributed by atoms with Gasteiger partial charge in [0.05, 0.1) is 13.2 Å². The standard InChI is InChI=1S/C32H62O3/c1-5-9-11-13-15-17-19-21-23-25-27-34-31(7-3)29-33-30-32(8-4)35-28-26-24-22-20-18-16-14-12-10-6-2/h29-30H,5-28H2,1-4H3/b31-29-,32-30+. The molecule has 208 valence electrons. The van der Waals surface area contributed by atoms with Crippen molar-refractivity contribution in [2.24, 2.45) is 0 Å². The van der Waals surface area contributed by atoms with E-state index in [-0.39, 0.29) is 0 Å². The van der Waals surface area contributed by atoms with E-state index in [1.807, 2.05) is 0 Å². The van der Waals surface area contributed by atoms with Gasteiger partial charge >= 0.3 is 0 Å². The number of ether oxygens (including phenoxy) is 3. The molecule has 0 N–H and O–H groups in total. The SMILES string of the molecule is CCCCCCCCCCCCO/C(=C\O/C=C(\CC)OCCCCCCCCCCCC)CC. The van der Waals surface area contributed by atoms with E-state index in [0.717, 1.165) is 50.4 Å². The van der Waals surface area contributed by atoms with Crippen molar-refractivity contribution in [3.05, 3.63) is 24.0 Å². The molecule has 0 aromatic rings. The predicted octanol–water partition coefficient (Wildman–Crippen LogP) is 11.4. The lowest BCUT2D eigenvalue weighted by Crippen LogP contribution is -1.97. The molecule has 0 aliphatic heterocycles. The van der Waals surface area contributed by atoms with Crippen LogP contribution in [0.2, 0.25) is 0 Å². The Morgan fingerprint density at radius 3 is 0.971 bits per heavy atom. The van der Waals surface area contributed by atoms with Crippen molar-refractivity contribution in [2.45, 2.75) is 169 Å². The molecule has 0 unspecified atom stereocenters. The maximum atomic E-state index is 5.92. The maximum Gasteiger partial charge on any atom is 0.131 e. The van der Waals surface area contributed by atoms with Crippen molar-refractivity contribution in [2.75, 3.05) is 13.2 Å². The van der Waals surface area contributed by atoms with Crippen LogP contribution in [0.4, 0.5) is 0 Å². The van der Waals surface area contributed by atoms with Gasteiger partial charge in [0.15, 0.2) is 0 Å². The van der Waals surface area contributed by atoms with Crippen LogP contribution in [-0.4, -0.2) is 13.2 Å². The molecule has 0 heterocycles. The third-order valence-electron chi connectivity index (χ3n) is 6.67. The van der Waals surface area contributed by atoms with Gasteiger partial charge in [0.25, 0.3) is 0 Å². The first-order chi connectivity index (χ1) is 17.3. The van der Waals surface area contributed by atoms with Crippen LogP contribution in [0, 0.1) is 0 Å². The fraction of sp³-hybridized carbons (Fsp3) is 0.875. The third kappa shape index (κ3) is 25.8. The summed E-state index contributed by atoms with van der Waals surface area (Å²) in [5, 5.41) is 0. The van der Waals surface area contributed by atoms with E-state index in [1.165, 1.54) is 116 Å². The van der Waals surface area contributed by atoms with E-state index < -0.39 is 0 Å². The van der Waals surface area contributed by atoms with Crippen molar-refractivity contribution in [3.8, 4) is 0 Å². The number of allylic oxidation sites excluding steroid dienone is 2. The van der Waals surface area contributed by atoms with Crippen molar-refractivity contribution in [1.82, 2.24) is 0 Å². The lowest BCUT2D eigenvalue weighted by Gasteiger charge is -2.10. The zero-order valence-electron chi connectivity index (χ0n) is 24.4. The second-order valence-electron chi connectivity index (χ2n) is 10.1. The first kappa shape index (κ1) is 33.9. The molecule has 0 rings (SSSR count). The first-order valence-electron chi connectivity index (χ1n) is 15.6. The molecule has 0 atom stereocenters. The van der Waals surface area contributed by atoms with E-state index in [0.29, 0.717) is 0 Å². The highest BCUT2D eigenvalue weighted by molar-refractivity contribution is 4.91. The van der Waals surface area contributed by atoms with Gasteiger partial charge in [0.1, 0.15) is 24.0 Å². The number of unbranched alkanes of at least 4 members (excludes halogenated alkanes) is 18. The zero-order valence-corrected chi connectivity index (χ0v) is 24.4. The summed E-state index contributed by atoms with van der Waals surface area (Å²) in [6.45, 7) is 10.4. The van der Waals surface area contributed by atoms with Gasteiger partial charge in [0, 0.05) is 12.8 Å². The van der Waals surface area contributed by atoms with Gasteiger partial charge in [-0.1, -0.05) is 143 Å². The first-order valence-corrected chi connectivity index (χ1v) is 15.6. The summed E-state index contributed by atoms with van der Waals surface area (Å²) >= 11 is 0. The Morgan fingerprint density at radius 2 is 0.686 bits per heavy atom. The molecule has 0 radical (unpaired) electrons. The molecule has 0 spiro atoms. The summed E-state index contributed by atoms with van der Waals surface area (Å²) in [4.78, 5) is 0. The van der Waals surface area contributed by atoms with E-state index in [4.69, 9.17) is 14.2 Å². The number of rotatable bonds is 28. The fourth-order valence-corrected chi connectivity index (χ4v) is 4.21. The number of hydrogen-bond acceptors (Lipinski definition) is 3. The molecule has 0 fully saturated rings. The quantitative estimate of drug-likeness (QED) is 0.0799. The minimum atomic E-state index is 0.791. The number of hydrogen-bond donors (Lipinski definition) is 0. The van der Waals surface area contributed by atoms with E-state index in [1.54, 1.807) is 12.5 Å². The van der Waals surface area contributed by atoms with Gasteiger partial charge in [-0.25, -0.2) is 0 Å². The van der Waals surface area contributed by atoms with Gasteiger partial charge in [-0.2, -0.15) is 0 Å². The fourth-order valence-electron chi connectivity index (χ4n) is 4.21. The molecule has 0 aromatic carbocycles. The highest BCUT2D eigenvalue weighted by atomic mass is 16.5. The van der Waals surface area contributed by atoms with Gasteiger partial charge in [-0.05, 0) is 12.8 Å². The molecule has 0 amide bonds. The normalized spacial score (nSPS) is 12.2. The van der Waals surface area contributed by atoms with Gasteiger partial charge in [0.2, 0.25) is 0 Å². The van der Waals surface area contributed by atoms with Crippen LogP contribution >= 0.6 is 0 Å². The second-order valence-corrected chi connectivity index (χ2v) is 10.1. The van der Waals surface area contributed by atoms with Crippen molar-refractivity contribution < 1.29 is 14.2 Å². The topological polar surface area (TPSA) is 27.7 Å². The molecule has 0 saturated carbocycles.